The number of benzene rings is 1. The zero-order chi connectivity index (χ0) is 12.8. The maximum Gasteiger partial charge on any atom is 0.121 e. The van der Waals surface area contributed by atoms with E-state index in [0.29, 0.717) is 6.04 Å². The average molecular weight is 233 g/mol. The third kappa shape index (κ3) is 4.61. The van der Waals surface area contributed by atoms with Crippen LogP contribution in [0.4, 0.5) is 0 Å². The molecular formula is C15H23NO. The van der Waals surface area contributed by atoms with Crippen molar-refractivity contribution in [3.63, 3.8) is 0 Å². The average Bonchev–Trinajstić information content (AvgIpc) is 2.26. The maximum atomic E-state index is 5.25. The monoisotopic (exact) mass is 233 g/mol. The molecular weight excluding hydrogens is 210 g/mol. The number of hydrogen-bond acceptors (Lipinski definition) is 2. The molecule has 0 fully saturated rings. The fourth-order valence-corrected chi connectivity index (χ4v) is 1.69. The Morgan fingerprint density at radius 2 is 2.12 bits per heavy atom. The summed E-state index contributed by atoms with van der Waals surface area (Å²) in [7, 11) is 1.70. The van der Waals surface area contributed by atoms with Gasteiger partial charge in [0.25, 0.3) is 0 Å². The van der Waals surface area contributed by atoms with Gasteiger partial charge in [-0.05, 0) is 37.1 Å². The van der Waals surface area contributed by atoms with Gasteiger partial charge in [0.15, 0.2) is 0 Å². The van der Waals surface area contributed by atoms with Gasteiger partial charge >= 0.3 is 0 Å². The van der Waals surface area contributed by atoms with Crippen molar-refractivity contribution in [2.75, 3.05) is 13.7 Å². The van der Waals surface area contributed by atoms with Gasteiger partial charge in [-0.3, -0.25) is 0 Å². The zero-order valence-electron chi connectivity index (χ0n) is 11.5. The Labute approximate surface area is 105 Å². The second-order valence-corrected chi connectivity index (χ2v) is 4.76. The number of nitrogens with one attached hydrogen (secondary N) is 1. The highest BCUT2D eigenvalue weighted by Gasteiger charge is 1.99. The van der Waals surface area contributed by atoms with Crippen molar-refractivity contribution in [3.05, 3.63) is 34.9 Å². The maximum absolute atomic E-state index is 5.25. The minimum atomic E-state index is 0.524. The Morgan fingerprint density at radius 3 is 2.65 bits per heavy atom. The summed E-state index contributed by atoms with van der Waals surface area (Å²) in [4.78, 5) is 0. The number of ether oxygens (including phenoxy) is 1. The molecule has 0 atom stereocenters. The number of rotatable bonds is 5. The van der Waals surface area contributed by atoms with E-state index in [1.54, 1.807) is 7.11 Å². The van der Waals surface area contributed by atoms with Crippen LogP contribution in [0.1, 0.15) is 31.9 Å². The van der Waals surface area contributed by atoms with Crippen LogP contribution in [-0.2, 0) is 0 Å². The second kappa shape index (κ2) is 6.45. The van der Waals surface area contributed by atoms with Crippen LogP contribution in [0, 0.1) is 6.92 Å². The molecule has 2 nitrogen and oxygen atoms in total. The van der Waals surface area contributed by atoms with Crippen molar-refractivity contribution in [1.82, 2.24) is 5.32 Å². The molecule has 0 aliphatic rings. The molecule has 0 aromatic heterocycles. The Balaban J connectivity index is 2.73. The molecule has 2 heteroatoms. The van der Waals surface area contributed by atoms with E-state index in [1.807, 2.05) is 6.07 Å². The summed E-state index contributed by atoms with van der Waals surface area (Å²) in [5.41, 5.74) is 3.74. The molecule has 0 aliphatic heterocycles. The van der Waals surface area contributed by atoms with E-state index in [9.17, 15) is 0 Å². The molecule has 0 radical (unpaired) electrons. The molecule has 0 saturated carbocycles. The van der Waals surface area contributed by atoms with E-state index < -0.39 is 0 Å². The molecule has 1 aromatic rings. The van der Waals surface area contributed by atoms with Crippen LogP contribution in [0.3, 0.4) is 0 Å². The molecule has 1 rings (SSSR count). The first-order valence-corrected chi connectivity index (χ1v) is 6.08. The summed E-state index contributed by atoms with van der Waals surface area (Å²) >= 11 is 0. The van der Waals surface area contributed by atoms with Gasteiger partial charge in [-0.2, -0.15) is 0 Å². The summed E-state index contributed by atoms with van der Waals surface area (Å²) in [5.74, 6) is 0.945. The quantitative estimate of drug-likeness (QED) is 0.841. The van der Waals surface area contributed by atoms with Gasteiger partial charge in [-0.1, -0.05) is 31.6 Å². The number of aryl methyl sites for hydroxylation is 1. The predicted molar refractivity (Wildman–Crippen MR) is 74.5 cm³/mol. The van der Waals surface area contributed by atoms with Gasteiger partial charge in [-0.15, -0.1) is 0 Å². The molecule has 1 aromatic carbocycles. The standard InChI is InChI=1S/C15H23NO/c1-11(2)16-10-12(3)8-14-6-7-15(17-5)13(4)9-14/h6-9,11,16H,10H2,1-5H3. The fourth-order valence-electron chi connectivity index (χ4n) is 1.69. The van der Waals surface area contributed by atoms with E-state index in [1.165, 1.54) is 16.7 Å². The molecule has 0 aliphatic carbocycles. The van der Waals surface area contributed by atoms with Crippen molar-refractivity contribution in [3.8, 4) is 5.75 Å². The number of methoxy groups -OCH3 is 1. The van der Waals surface area contributed by atoms with Crippen LogP contribution in [-0.4, -0.2) is 19.7 Å². The van der Waals surface area contributed by atoms with Crippen molar-refractivity contribution >= 4 is 6.08 Å². The molecule has 0 saturated heterocycles. The van der Waals surface area contributed by atoms with E-state index in [-0.39, 0.29) is 0 Å². The summed E-state index contributed by atoms with van der Waals surface area (Å²) < 4.78 is 5.25. The minimum absolute atomic E-state index is 0.524. The van der Waals surface area contributed by atoms with Crippen LogP contribution in [0.25, 0.3) is 6.08 Å². The Kier molecular flexibility index (Phi) is 5.23. The van der Waals surface area contributed by atoms with Crippen molar-refractivity contribution < 1.29 is 4.74 Å². The van der Waals surface area contributed by atoms with E-state index in [2.05, 4.69) is 51.2 Å². The molecule has 0 bridgehead atoms. The normalized spacial score (nSPS) is 12.0. The summed E-state index contributed by atoms with van der Waals surface area (Å²) in [6, 6.07) is 6.78. The third-order valence-electron chi connectivity index (χ3n) is 2.62. The Hall–Kier alpha value is -1.28. The largest absolute Gasteiger partial charge is 0.496 e. The van der Waals surface area contributed by atoms with Gasteiger partial charge in [0.1, 0.15) is 5.75 Å². The fraction of sp³-hybridized carbons (Fsp3) is 0.467. The lowest BCUT2D eigenvalue weighted by atomic mass is 10.1. The van der Waals surface area contributed by atoms with Crippen LogP contribution < -0.4 is 10.1 Å². The zero-order valence-corrected chi connectivity index (χ0v) is 11.5. The molecule has 94 valence electrons. The smallest absolute Gasteiger partial charge is 0.121 e. The highest BCUT2D eigenvalue weighted by molar-refractivity contribution is 5.55. The third-order valence-corrected chi connectivity index (χ3v) is 2.62. The first-order chi connectivity index (χ1) is 8.02. The molecule has 17 heavy (non-hydrogen) atoms. The van der Waals surface area contributed by atoms with Crippen LogP contribution in [0.2, 0.25) is 0 Å². The minimum Gasteiger partial charge on any atom is -0.496 e. The van der Waals surface area contributed by atoms with E-state index in [4.69, 9.17) is 4.74 Å². The summed E-state index contributed by atoms with van der Waals surface area (Å²) in [6.07, 6.45) is 2.21. The SMILES string of the molecule is COc1ccc(C=C(C)CNC(C)C)cc1C. The lowest BCUT2D eigenvalue weighted by Crippen LogP contribution is -2.24. The first kappa shape index (κ1) is 13.8. The van der Waals surface area contributed by atoms with Crippen LogP contribution >= 0.6 is 0 Å². The second-order valence-electron chi connectivity index (χ2n) is 4.76. The van der Waals surface area contributed by atoms with Crippen molar-refractivity contribution in [2.24, 2.45) is 0 Å². The molecule has 0 spiro atoms. The molecule has 0 unspecified atom stereocenters. The van der Waals surface area contributed by atoms with E-state index >= 15 is 0 Å². The van der Waals surface area contributed by atoms with Gasteiger partial charge in [0.2, 0.25) is 0 Å². The van der Waals surface area contributed by atoms with Gasteiger partial charge < -0.3 is 10.1 Å². The summed E-state index contributed by atoms with van der Waals surface area (Å²) in [6.45, 7) is 9.46. The van der Waals surface area contributed by atoms with Gasteiger partial charge in [0, 0.05) is 12.6 Å². The highest BCUT2D eigenvalue weighted by atomic mass is 16.5. The summed E-state index contributed by atoms with van der Waals surface area (Å²) in [5, 5.41) is 3.41. The molecule has 0 amide bonds. The first-order valence-electron chi connectivity index (χ1n) is 6.08. The van der Waals surface area contributed by atoms with Gasteiger partial charge in [0.05, 0.1) is 7.11 Å². The van der Waals surface area contributed by atoms with Crippen LogP contribution in [0.5, 0.6) is 5.75 Å². The molecule has 0 heterocycles. The van der Waals surface area contributed by atoms with Crippen molar-refractivity contribution in [1.29, 1.82) is 0 Å². The highest BCUT2D eigenvalue weighted by Crippen LogP contribution is 2.19. The van der Waals surface area contributed by atoms with Crippen LogP contribution in [0.15, 0.2) is 23.8 Å². The molecule has 1 N–H and O–H groups in total. The Morgan fingerprint density at radius 1 is 1.41 bits per heavy atom. The lowest BCUT2D eigenvalue weighted by Gasteiger charge is -2.09. The lowest BCUT2D eigenvalue weighted by molar-refractivity contribution is 0.411. The van der Waals surface area contributed by atoms with Crippen molar-refractivity contribution in [2.45, 2.75) is 33.7 Å². The topological polar surface area (TPSA) is 21.3 Å². The van der Waals surface area contributed by atoms with Gasteiger partial charge in [-0.25, -0.2) is 0 Å². The Bertz CT molecular complexity index is 394. The number of hydrogen-bond donors (Lipinski definition) is 1. The predicted octanol–water partition coefficient (Wildman–Crippen LogP) is 3.40. The van der Waals surface area contributed by atoms with E-state index in [0.717, 1.165) is 12.3 Å².